The molecule has 0 aliphatic carbocycles. The molecule has 8 nitrogen and oxygen atoms in total. The Kier molecular flexibility index (Phi) is 4.25. The lowest BCUT2D eigenvalue weighted by Gasteiger charge is -2.30. The van der Waals surface area contributed by atoms with Crippen LogP contribution in [0.2, 0.25) is 0 Å². The van der Waals surface area contributed by atoms with E-state index in [-0.39, 0.29) is 12.1 Å². The molecule has 0 radical (unpaired) electrons. The van der Waals surface area contributed by atoms with E-state index in [1.807, 2.05) is 12.1 Å². The predicted molar refractivity (Wildman–Crippen MR) is 107 cm³/mol. The third kappa shape index (κ3) is 3.13. The van der Waals surface area contributed by atoms with Crippen LogP contribution >= 0.6 is 0 Å². The van der Waals surface area contributed by atoms with Crippen LogP contribution in [0.5, 0.6) is 0 Å². The highest BCUT2D eigenvalue weighted by atomic mass is 16.5. The van der Waals surface area contributed by atoms with Crippen molar-refractivity contribution in [2.75, 3.05) is 6.61 Å². The first-order valence-electron chi connectivity index (χ1n) is 9.70. The first-order valence-corrected chi connectivity index (χ1v) is 9.70. The quantitative estimate of drug-likeness (QED) is 0.490. The van der Waals surface area contributed by atoms with Gasteiger partial charge in [0.1, 0.15) is 11.3 Å². The molecule has 2 atom stereocenters. The van der Waals surface area contributed by atoms with Crippen molar-refractivity contribution in [1.29, 1.82) is 0 Å². The number of pyridine rings is 1. The Morgan fingerprint density at radius 2 is 2.17 bits per heavy atom. The van der Waals surface area contributed by atoms with E-state index in [0.29, 0.717) is 30.4 Å². The van der Waals surface area contributed by atoms with Crippen molar-refractivity contribution in [3.05, 3.63) is 53.4 Å². The number of benzene rings is 1. The molecule has 0 unspecified atom stereocenters. The van der Waals surface area contributed by atoms with Gasteiger partial charge in [-0.2, -0.15) is 4.98 Å². The molecule has 0 spiro atoms. The molecule has 3 aromatic heterocycles. The summed E-state index contributed by atoms with van der Waals surface area (Å²) in [4.78, 5) is 17.4. The Balaban J connectivity index is 1.75. The van der Waals surface area contributed by atoms with Crippen LogP contribution in [0, 0.1) is 13.5 Å². The van der Waals surface area contributed by atoms with E-state index in [0.717, 1.165) is 40.6 Å². The van der Waals surface area contributed by atoms with E-state index in [2.05, 4.69) is 31.5 Å². The molecule has 5 rings (SSSR count). The lowest BCUT2D eigenvalue weighted by Crippen LogP contribution is -2.26. The van der Waals surface area contributed by atoms with Gasteiger partial charge in [0.2, 0.25) is 5.89 Å². The number of hydrogen-bond donors (Lipinski definition) is 0. The lowest BCUT2D eigenvalue weighted by atomic mass is 10.0. The smallest absolute Gasteiger partial charge is 0.223 e. The number of rotatable bonds is 3. The van der Waals surface area contributed by atoms with Crippen molar-refractivity contribution in [2.45, 2.75) is 45.3 Å². The minimum absolute atomic E-state index is 0.179. The fraction of sp³-hybridized carbons (Fsp3) is 0.381. The number of fused-ring (bicyclic) bond motifs is 3. The van der Waals surface area contributed by atoms with Crippen molar-refractivity contribution >= 4 is 27.6 Å². The molecule has 4 heterocycles. The van der Waals surface area contributed by atoms with Crippen molar-refractivity contribution in [1.82, 2.24) is 24.7 Å². The van der Waals surface area contributed by atoms with Crippen molar-refractivity contribution in [2.24, 2.45) is 0 Å². The highest BCUT2D eigenvalue weighted by Crippen LogP contribution is 2.35. The van der Waals surface area contributed by atoms with Crippen molar-refractivity contribution in [3.8, 4) is 0 Å². The fourth-order valence-corrected chi connectivity index (χ4v) is 4.16. The molecule has 0 bridgehead atoms. The third-order valence-corrected chi connectivity index (χ3v) is 5.41. The van der Waals surface area contributed by atoms with E-state index in [4.69, 9.17) is 20.8 Å². The van der Waals surface area contributed by atoms with Crippen LogP contribution in [0.1, 0.15) is 43.3 Å². The summed E-state index contributed by atoms with van der Waals surface area (Å²) in [6.45, 7) is 12.0. The topological polar surface area (TPSA) is 83.2 Å². The first kappa shape index (κ1) is 17.8. The van der Waals surface area contributed by atoms with Gasteiger partial charge >= 0.3 is 0 Å². The molecule has 146 valence electrons. The summed E-state index contributed by atoms with van der Waals surface area (Å²) in [5, 5.41) is 5.00. The molecule has 8 heteroatoms. The zero-order valence-corrected chi connectivity index (χ0v) is 16.3. The largest absolute Gasteiger partial charge is 0.378 e. The van der Waals surface area contributed by atoms with Gasteiger partial charge in [-0.25, -0.2) is 9.83 Å². The second-order valence-electron chi connectivity index (χ2n) is 7.47. The number of nitrogens with zero attached hydrogens (tertiary/aromatic N) is 6. The van der Waals surface area contributed by atoms with Gasteiger partial charge in [0.15, 0.2) is 11.5 Å². The van der Waals surface area contributed by atoms with E-state index in [9.17, 15) is 0 Å². The van der Waals surface area contributed by atoms with Crippen molar-refractivity contribution in [3.63, 3.8) is 0 Å². The SMILES string of the molecule is [C-]#[N+]c1ccc2ncc3nc(Cc4noc(C)n4)n([C@@H]4CCO[C@H](C)C4)c3c2c1. The number of ether oxygens (including phenoxy) is 1. The summed E-state index contributed by atoms with van der Waals surface area (Å²) < 4.78 is 13.2. The number of imidazole rings is 1. The normalized spacial score (nSPS) is 19.6. The molecule has 4 aromatic rings. The van der Waals surface area contributed by atoms with Crippen LogP contribution in [-0.2, 0) is 11.2 Å². The van der Waals surface area contributed by atoms with Crippen molar-refractivity contribution < 1.29 is 9.26 Å². The third-order valence-electron chi connectivity index (χ3n) is 5.41. The summed E-state index contributed by atoms with van der Waals surface area (Å²) in [7, 11) is 0. The summed E-state index contributed by atoms with van der Waals surface area (Å²) in [5.41, 5.74) is 3.27. The molecule has 0 saturated carbocycles. The highest BCUT2D eigenvalue weighted by Gasteiger charge is 2.27. The Morgan fingerprint density at radius 3 is 2.93 bits per heavy atom. The second kappa shape index (κ2) is 6.94. The first-order chi connectivity index (χ1) is 14.1. The molecule has 1 saturated heterocycles. The van der Waals surface area contributed by atoms with Gasteiger partial charge in [-0.3, -0.25) is 4.98 Å². The maximum absolute atomic E-state index is 7.40. The van der Waals surface area contributed by atoms with Crippen LogP contribution in [-0.4, -0.2) is 37.4 Å². The van der Waals surface area contributed by atoms with Gasteiger partial charge in [0, 0.05) is 25.0 Å². The van der Waals surface area contributed by atoms with Gasteiger partial charge in [-0.15, -0.1) is 0 Å². The van der Waals surface area contributed by atoms with Gasteiger partial charge < -0.3 is 13.8 Å². The maximum Gasteiger partial charge on any atom is 0.223 e. The lowest BCUT2D eigenvalue weighted by molar-refractivity contribution is 0.00630. The average molecular weight is 388 g/mol. The molecular formula is C21H20N6O2. The average Bonchev–Trinajstić information content (AvgIpc) is 3.30. The standard InChI is InChI=1S/C21H20N6O2/c1-12-8-15(6-7-28-12)27-20(10-19-24-13(2)29-26-19)25-18-11-23-17-5-4-14(22-3)9-16(17)21(18)27/h4-5,9,11-12,15H,6-8,10H2,1-2H3/t12-,15-/m1/s1. The molecule has 1 fully saturated rings. The van der Waals surface area contributed by atoms with E-state index < -0.39 is 0 Å². The summed E-state index contributed by atoms with van der Waals surface area (Å²) in [6.07, 6.45) is 4.26. The molecule has 29 heavy (non-hydrogen) atoms. The highest BCUT2D eigenvalue weighted by molar-refractivity contribution is 6.03. The molecule has 0 amide bonds. The van der Waals surface area contributed by atoms with Crippen LogP contribution < -0.4 is 0 Å². The van der Waals surface area contributed by atoms with Gasteiger partial charge in [0.25, 0.3) is 0 Å². The fourth-order valence-electron chi connectivity index (χ4n) is 4.16. The zero-order chi connectivity index (χ0) is 20.0. The molecule has 1 aliphatic rings. The monoisotopic (exact) mass is 388 g/mol. The Morgan fingerprint density at radius 1 is 1.28 bits per heavy atom. The predicted octanol–water partition coefficient (Wildman–Crippen LogP) is 4.16. The number of aromatic nitrogens is 5. The van der Waals surface area contributed by atoms with Gasteiger partial charge in [-0.05, 0) is 31.9 Å². The summed E-state index contributed by atoms with van der Waals surface area (Å²) in [5.74, 6) is 2.02. The Bertz CT molecular complexity index is 1250. The summed E-state index contributed by atoms with van der Waals surface area (Å²) >= 11 is 0. The zero-order valence-electron chi connectivity index (χ0n) is 16.3. The Labute approximate surface area is 167 Å². The molecular weight excluding hydrogens is 368 g/mol. The Hall–Kier alpha value is -3.31. The molecule has 0 N–H and O–H groups in total. The maximum atomic E-state index is 7.40. The number of hydrogen-bond acceptors (Lipinski definition) is 6. The van der Waals surface area contributed by atoms with Crippen LogP contribution in [0.25, 0.3) is 26.8 Å². The minimum atomic E-state index is 0.179. The van der Waals surface area contributed by atoms with E-state index in [1.165, 1.54) is 0 Å². The van der Waals surface area contributed by atoms with Crippen LogP contribution in [0.4, 0.5) is 5.69 Å². The van der Waals surface area contributed by atoms with Crippen LogP contribution in [0.15, 0.2) is 28.9 Å². The molecule has 1 aromatic carbocycles. The van der Waals surface area contributed by atoms with Crippen LogP contribution in [0.3, 0.4) is 0 Å². The summed E-state index contributed by atoms with van der Waals surface area (Å²) in [6, 6.07) is 5.85. The second-order valence-corrected chi connectivity index (χ2v) is 7.47. The molecule has 1 aliphatic heterocycles. The van der Waals surface area contributed by atoms with Gasteiger partial charge in [0.05, 0.1) is 36.3 Å². The van der Waals surface area contributed by atoms with Gasteiger partial charge in [-0.1, -0.05) is 11.2 Å². The minimum Gasteiger partial charge on any atom is -0.378 e. The van der Waals surface area contributed by atoms with E-state index >= 15 is 0 Å². The van der Waals surface area contributed by atoms with E-state index in [1.54, 1.807) is 19.2 Å². The number of aryl methyl sites for hydroxylation is 1.